The van der Waals surface area contributed by atoms with Gasteiger partial charge in [0.1, 0.15) is 17.0 Å². The first-order valence-corrected chi connectivity index (χ1v) is 12.4. The number of hydrogen-bond acceptors (Lipinski definition) is 7. The Morgan fingerprint density at radius 1 is 1.23 bits per heavy atom. The van der Waals surface area contributed by atoms with E-state index in [1.807, 2.05) is 12.1 Å². The molecular weight excluding hydrogens is 479 g/mol. The molecule has 3 N–H and O–H groups in total. The predicted molar refractivity (Wildman–Crippen MR) is 129 cm³/mol. The number of hydrogen-bond donors (Lipinski definition) is 3. The van der Waals surface area contributed by atoms with Crippen LogP contribution in [0.1, 0.15) is 34.5 Å². The zero-order chi connectivity index (χ0) is 24.6. The maximum absolute atomic E-state index is 12.8. The third-order valence-electron chi connectivity index (χ3n) is 6.75. The Kier molecular flexibility index (Phi) is 6.30. The van der Waals surface area contributed by atoms with Crippen LogP contribution in [-0.2, 0) is 6.42 Å². The number of anilines is 2. The normalized spacial score (nSPS) is 21.9. The van der Waals surface area contributed by atoms with Crippen molar-refractivity contribution in [1.29, 1.82) is 0 Å². The lowest BCUT2D eigenvalue weighted by molar-refractivity contribution is -0.126. The topological polar surface area (TPSA) is 90.4 Å². The SMILES string of the molecule is O=C(NCCO)c1ccc(NC2CC3(CCN(c4ncnc5sc(CC(F)(F)F)cc45)C3)C2)cc1. The van der Waals surface area contributed by atoms with Crippen LogP contribution in [0.4, 0.5) is 24.7 Å². The molecule has 186 valence electrons. The van der Waals surface area contributed by atoms with Crippen LogP contribution < -0.4 is 15.5 Å². The fourth-order valence-corrected chi connectivity index (χ4v) is 6.21. The number of rotatable bonds is 7. The van der Waals surface area contributed by atoms with Crippen LogP contribution in [0.25, 0.3) is 10.2 Å². The van der Waals surface area contributed by atoms with Crippen LogP contribution in [0.2, 0.25) is 0 Å². The van der Waals surface area contributed by atoms with E-state index in [0.717, 1.165) is 55.2 Å². The number of benzene rings is 1. The number of aromatic nitrogens is 2. The van der Waals surface area contributed by atoms with E-state index < -0.39 is 12.6 Å². The van der Waals surface area contributed by atoms with E-state index in [0.29, 0.717) is 21.8 Å². The van der Waals surface area contributed by atoms with Crippen molar-refractivity contribution in [3.8, 4) is 0 Å². The molecule has 0 bridgehead atoms. The third-order valence-corrected chi connectivity index (χ3v) is 7.79. The van der Waals surface area contributed by atoms with Crippen molar-refractivity contribution in [2.24, 2.45) is 5.41 Å². The maximum atomic E-state index is 12.8. The fraction of sp³-hybridized carbons (Fsp3) is 0.458. The Balaban J connectivity index is 1.19. The Morgan fingerprint density at radius 2 is 2.00 bits per heavy atom. The quantitative estimate of drug-likeness (QED) is 0.450. The lowest BCUT2D eigenvalue weighted by atomic mass is 9.65. The molecular formula is C24H26F3N5O2S. The molecule has 1 spiro atoms. The largest absolute Gasteiger partial charge is 0.395 e. The van der Waals surface area contributed by atoms with Crippen LogP contribution in [0.15, 0.2) is 36.7 Å². The maximum Gasteiger partial charge on any atom is 0.393 e. The average Bonchev–Trinajstić information content (AvgIpc) is 3.40. The summed E-state index contributed by atoms with van der Waals surface area (Å²) in [5.74, 6) is 0.511. The number of halogens is 3. The molecule has 2 fully saturated rings. The molecule has 1 amide bonds. The number of aliphatic hydroxyl groups is 1. The van der Waals surface area contributed by atoms with E-state index in [1.165, 1.54) is 6.33 Å². The van der Waals surface area contributed by atoms with Gasteiger partial charge in [0.15, 0.2) is 0 Å². The number of carbonyl (C=O) groups excluding carboxylic acids is 1. The number of fused-ring (bicyclic) bond motifs is 1. The van der Waals surface area contributed by atoms with Gasteiger partial charge in [0.05, 0.1) is 18.4 Å². The summed E-state index contributed by atoms with van der Waals surface area (Å²) in [7, 11) is 0. The molecule has 1 aromatic carbocycles. The van der Waals surface area contributed by atoms with Gasteiger partial charge < -0.3 is 20.6 Å². The van der Waals surface area contributed by atoms with E-state index in [1.54, 1.807) is 18.2 Å². The van der Waals surface area contributed by atoms with E-state index in [9.17, 15) is 18.0 Å². The molecule has 2 aromatic heterocycles. The monoisotopic (exact) mass is 505 g/mol. The summed E-state index contributed by atoms with van der Waals surface area (Å²) in [5, 5.41) is 15.7. The number of amides is 1. The second-order valence-corrected chi connectivity index (χ2v) is 10.5. The predicted octanol–water partition coefficient (Wildman–Crippen LogP) is 3.99. The number of aliphatic hydroxyl groups excluding tert-OH is 1. The van der Waals surface area contributed by atoms with Gasteiger partial charge in [-0.3, -0.25) is 4.79 Å². The highest BCUT2D eigenvalue weighted by Crippen LogP contribution is 2.50. The Labute approximate surface area is 204 Å². The summed E-state index contributed by atoms with van der Waals surface area (Å²) >= 11 is 1.08. The van der Waals surface area contributed by atoms with Crippen molar-refractivity contribution < 1.29 is 23.1 Å². The molecule has 5 rings (SSSR count). The zero-order valence-electron chi connectivity index (χ0n) is 18.9. The summed E-state index contributed by atoms with van der Waals surface area (Å²) in [4.78, 5) is 23.6. The molecule has 1 saturated carbocycles. The molecule has 11 heteroatoms. The second-order valence-electron chi connectivity index (χ2n) is 9.40. The minimum Gasteiger partial charge on any atom is -0.395 e. The van der Waals surface area contributed by atoms with Crippen molar-refractivity contribution in [2.75, 3.05) is 36.5 Å². The van der Waals surface area contributed by atoms with Crippen molar-refractivity contribution in [3.05, 3.63) is 47.1 Å². The molecule has 35 heavy (non-hydrogen) atoms. The molecule has 1 aliphatic carbocycles. The Bertz CT molecular complexity index is 1210. The molecule has 2 aliphatic rings. The van der Waals surface area contributed by atoms with Gasteiger partial charge in [-0.2, -0.15) is 13.2 Å². The number of thiophene rings is 1. The van der Waals surface area contributed by atoms with E-state index in [4.69, 9.17) is 5.11 Å². The van der Waals surface area contributed by atoms with E-state index >= 15 is 0 Å². The molecule has 3 aromatic rings. The minimum absolute atomic E-state index is 0.0965. The molecule has 1 aliphatic heterocycles. The first-order chi connectivity index (χ1) is 16.7. The van der Waals surface area contributed by atoms with Crippen molar-refractivity contribution in [1.82, 2.24) is 15.3 Å². The molecule has 0 unspecified atom stereocenters. The van der Waals surface area contributed by atoms with Gasteiger partial charge in [0, 0.05) is 41.8 Å². The van der Waals surface area contributed by atoms with Gasteiger partial charge in [-0.1, -0.05) is 0 Å². The molecule has 0 radical (unpaired) electrons. The smallest absolute Gasteiger partial charge is 0.393 e. The van der Waals surface area contributed by atoms with Gasteiger partial charge in [-0.15, -0.1) is 11.3 Å². The van der Waals surface area contributed by atoms with Gasteiger partial charge in [-0.05, 0) is 55.0 Å². The van der Waals surface area contributed by atoms with Gasteiger partial charge in [0.25, 0.3) is 5.91 Å². The standard InChI is InChI=1S/C24H26F3N5O2S/c25-24(26,27)12-18-9-19-20(29-14-30-22(19)35-18)32-7-5-23(13-32)10-17(11-23)31-16-3-1-15(2-4-16)21(34)28-6-8-33/h1-4,9,14,17,31,33H,5-8,10-13H2,(H,28,34). The summed E-state index contributed by atoms with van der Waals surface area (Å²) in [6.45, 7) is 1.77. The molecule has 3 heterocycles. The number of alkyl halides is 3. The van der Waals surface area contributed by atoms with Crippen LogP contribution in [0.5, 0.6) is 0 Å². The molecule has 0 atom stereocenters. The minimum atomic E-state index is -4.24. The Hall–Kier alpha value is -2.92. The van der Waals surface area contributed by atoms with Crippen LogP contribution >= 0.6 is 11.3 Å². The van der Waals surface area contributed by atoms with Crippen molar-refractivity contribution >= 4 is 39.0 Å². The lowest BCUT2D eigenvalue weighted by Crippen LogP contribution is -2.46. The van der Waals surface area contributed by atoms with E-state index in [-0.39, 0.29) is 29.4 Å². The van der Waals surface area contributed by atoms with Gasteiger partial charge in [0.2, 0.25) is 0 Å². The number of carbonyl (C=O) groups is 1. The first-order valence-electron chi connectivity index (χ1n) is 11.5. The summed E-state index contributed by atoms with van der Waals surface area (Å²) in [6, 6.07) is 9.20. The van der Waals surface area contributed by atoms with Crippen LogP contribution in [0, 0.1) is 5.41 Å². The lowest BCUT2D eigenvalue weighted by Gasteiger charge is -2.46. The average molecular weight is 506 g/mol. The molecule has 7 nitrogen and oxygen atoms in total. The summed E-state index contributed by atoms with van der Waals surface area (Å²) in [5.41, 5.74) is 1.67. The first kappa shape index (κ1) is 23.8. The van der Waals surface area contributed by atoms with E-state index in [2.05, 4.69) is 25.5 Å². The van der Waals surface area contributed by atoms with Gasteiger partial charge >= 0.3 is 6.18 Å². The summed E-state index contributed by atoms with van der Waals surface area (Å²) in [6.07, 6.45) is -0.736. The zero-order valence-corrected chi connectivity index (χ0v) is 19.8. The highest BCUT2D eigenvalue weighted by molar-refractivity contribution is 7.18. The highest BCUT2D eigenvalue weighted by atomic mass is 32.1. The molecule has 1 saturated heterocycles. The van der Waals surface area contributed by atoms with Crippen LogP contribution in [-0.4, -0.2) is 59.4 Å². The number of nitrogens with zero attached hydrogens (tertiary/aromatic N) is 3. The van der Waals surface area contributed by atoms with Crippen molar-refractivity contribution in [2.45, 2.75) is 37.9 Å². The second kappa shape index (κ2) is 9.27. The van der Waals surface area contributed by atoms with Gasteiger partial charge in [-0.25, -0.2) is 9.97 Å². The van der Waals surface area contributed by atoms with Crippen molar-refractivity contribution in [3.63, 3.8) is 0 Å². The number of nitrogens with one attached hydrogen (secondary N) is 2. The third kappa shape index (κ3) is 5.20. The van der Waals surface area contributed by atoms with Crippen LogP contribution in [0.3, 0.4) is 0 Å². The summed E-state index contributed by atoms with van der Waals surface area (Å²) < 4.78 is 38.5. The highest BCUT2D eigenvalue weighted by Gasteiger charge is 2.49. The Morgan fingerprint density at radius 3 is 2.71 bits per heavy atom. The fourth-order valence-electron chi connectivity index (χ4n) is 5.19.